The van der Waals surface area contributed by atoms with Gasteiger partial charge in [0.2, 0.25) is 0 Å². The Labute approximate surface area is 176 Å². The van der Waals surface area contributed by atoms with E-state index in [1.807, 2.05) is 29.2 Å². The van der Waals surface area contributed by atoms with Crippen molar-refractivity contribution in [3.63, 3.8) is 0 Å². The lowest BCUT2D eigenvalue weighted by Crippen LogP contribution is -2.51. The van der Waals surface area contributed by atoms with Crippen molar-refractivity contribution < 1.29 is 9.53 Å². The average molecular weight is 406 g/mol. The highest BCUT2D eigenvalue weighted by Crippen LogP contribution is 2.39. The maximum absolute atomic E-state index is 12.5. The third-order valence-electron chi connectivity index (χ3n) is 5.98. The van der Waals surface area contributed by atoms with E-state index in [1.54, 1.807) is 7.11 Å². The fraction of sp³-hybridized carbons (Fsp3) is 0.391. The Hall–Kier alpha value is -3.22. The van der Waals surface area contributed by atoms with Crippen LogP contribution in [0.25, 0.3) is 5.65 Å². The highest BCUT2D eigenvalue weighted by molar-refractivity contribution is 5.74. The van der Waals surface area contributed by atoms with E-state index in [9.17, 15) is 4.79 Å². The monoisotopic (exact) mass is 405 g/mol. The molecule has 2 aromatic heterocycles. The number of pyridine rings is 1. The number of aromatic nitrogens is 2. The Kier molecular flexibility index (Phi) is 4.94. The second-order valence-corrected chi connectivity index (χ2v) is 8.07. The lowest BCUT2D eigenvalue weighted by atomic mass is 10.2. The number of ether oxygens (including phenoxy) is 1. The zero-order valence-electron chi connectivity index (χ0n) is 17.3. The minimum absolute atomic E-state index is 0.00963. The van der Waals surface area contributed by atoms with Crippen molar-refractivity contribution in [2.24, 2.45) is 0 Å². The van der Waals surface area contributed by atoms with Crippen LogP contribution in [0.2, 0.25) is 0 Å². The molecule has 0 spiro atoms. The fourth-order valence-electron chi connectivity index (χ4n) is 3.96. The Balaban J connectivity index is 1.15. The Bertz CT molecular complexity index is 1030. The summed E-state index contributed by atoms with van der Waals surface area (Å²) < 4.78 is 7.31. The zero-order chi connectivity index (χ0) is 20.5. The molecule has 3 heterocycles. The number of carbonyl (C=O) groups excluding carboxylic acids is 1. The molecule has 2 aliphatic rings. The summed E-state index contributed by atoms with van der Waals surface area (Å²) >= 11 is 0. The quantitative estimate of drug-likeness (QED) is 0.708. The first kappa shape index (κ1) is 18.8. The maximum atomic E-state index is 12.5. The van der Waals surface area contributed by atoms with Crippen LogP contribution in [-0.2, 0) is 6.54 Å². The number of fused-ring (bicyclic) bond motifs is 1. The van der Waals surface area contributed by atoms with Gasteiger partial charge in [0, 0.05) is 51.0 Å². The molecule has 3 aromatic rings. The zero-order valence-corrected chi connectivity index (χ0v) is 17.3. The normalized spacial score (nSPS) is 16.7. The number of amides is 2. The van der Waals surface area contributed by atoms with Crippen molar-refractivity contribution in [3.05, 3.63) is 60.0 Å². The number of carbonyl (C=O) groups is 1. The van der Waals surface area contributed by atoms with Crippen LogP contribution < -0.4 is 15.0 Å². The predicted molar refractivity (Wildman–Crippen MR) is 116 cm³/mol. The Morgan fingerprint density at radius 3 is 2.53 bits per heavy atom. The second kappa shape index (κ2) is 7.89. The molecule has 30 heavy (non-hydrogen) atoms. The lowest BCUT2D eigenvalue weighted by Gasteiger charge is -2.36. The van der Waals surface area contributed by atoms with Gasteiger partial charge in [0.1, 0.15) is 11.4 Å². The fourth-order valence-corrected chi connectivity index (χ4v) is 3.96. The van der Waals surface area contributed by atoms with E-state index in [2.05, 4.69) is 39.1 Å². The van der Waals surface area contributed by atoms with E-state index >= 15 is 0 Å². The number of hydrogen-bond acceptors (Lipinski definition) is 4. The Morgan fingerprint density at radius 1 is 1.07 bits per heavy atom. The second-order valence-electron chi connectivity index (χ2n) is 8.07. The van der Waals surface area contributed by atoms with Crippen LogP contribution in [-0.4, -0.2) is 53.6 Å². The molecule has 0 radical (unpaired) electrons. The summed E-state index contributed by atoms with van der Waals surface area (Å²) in [6.45, 7) is 3.59. The molecule has 1 saturated carbocycles. The van der Waals surface area contributed by atoms with Gasteiger partial charge in [0.25, 0.3) is 0 Å². The molecule has 156 valence electrons. The molecule has 1 saturated heterocycles. The van der Waals surface area contributed by atoms with E-state index < -0.39 is 0 Å². The van der Waals surface area contributed by atoms with Gasteiger partial charge in [0.05, 0.1) is 18.5 Å². The predicted octanol–water partition coefficient (Wildman–Crippen LogP) is 3.25. The first-order valence-corrected chi connectivity index (χ1v) is 10.6. The highest BCUT2D eigenvalue weighted by Gasteiger charge is 2.26. The summed E-state index contributed by atoms with van der Waals surface area (Å²) in [6, 6.07) is 12.0. The number of benzene rings is 1. The summed E-state index contributed by atoms with van der Waals surface area (Å²) in [5, 5.41) is 3.02. The molecule has 7 nitrogen and oxygen atoms in total. The van der Waals surface area contributed by atoms with Gasteiger partial charge in [-0.15, -0.1) is 0 Å². The maximum Gasteiger partial charge on any atom is 0.317 e. The smallest absolute Gasteiger partial charge is 0.317 e. The van der Waals surface area contributed by atoms with Crippen molar-refractivity contribution in [2.75, 3.05) is 38.2 Å². The van der Waals surface area contributed by atoms with Crippen molar-refractivity contribution >= 4 is 17.4 Å². The average Bonchev–Trinajstić information content (AvgIpc) is 3.56. The van der Waals surface area contributed by atoms with Crippen molar-refractivity contribution in [3.8, 4) is 5.75 Å². The number of urea groups is 1. The van der Waals surface area contributed by atoms with Crippen LogP contribution in [0.1, 0.15) is 30.0 Å². The van der Waals surface area contributed by atoms with Gasteiger partial charge >= 0.3 is 6.03 Å². The molecule has 1 aromatic carbocycles. The number of nitrogens with one attached hydrogen (secondary N) is 1. The number of rotatable bonds is 5. The van der Waals surface area contributed by atoms with Crippen LogP contribution in [0, 0.1) is 0 Å². The number of imidazole rings is 1. The molecule has 0 atom stereocenters. The van der Waals surface area contributed by atoms with E-state index in [0.29, 0.717) is 25.6 Å². The first-order valence-electron chi connectivity index (χ1n) is 10.6. The van der Waals surface area contributed by atoms with Gasteiger partial charge in [0.15, 0.2) is 0 Å². The molecule has 1 N–H and O–H groups in total. The van der Waals surface area contributed by atoms with Gasteiger partial charge in [-0.25, -0.2) is 9.78 Å². The van der Waals surface area contributed by atoms with E-state index in [4.69, 9.17) is 9.72 Å². The van der Waals surface area contributed by atoms with Crippen LogP contribution in [0.4, 0.5) is 10.5 Å². The van der Waals surface area contributed by atoms with Gasteiger partial charge < -0.3 is 24.3 Å². The molecule has 1 aliphatic heterocycles. The first-order chi connectivity index (χ1) is 14.7. The number of methoxy groups -OCH3 is 1. The molecule has 5 rings (SSSR count). The van der Waals surface area contributed by atoms with Crippen LogP contribution in [0.3, 0.4) is 0 Å². The lowest BCUT2D eigenvalue weighted by molar-refractivity contribution is 0.194. The van der Waals surface area contributed by atoms with Crippen molar-refractivity contribution in [1.82, 2.24) is 19.6 Å². The number of piperazine rings is 1. The topological polar surface area (TPSA) is 62.1 Å². The molecule has 2 amide bonds. The molecule has 0 bridgehead atoms. The summed E-state index contributed by atoms with van der Waals surface area (Å²) in [5.74, 6) is 1.48. The summed E-state index contributed by atoms with van der Waals surface area (Å²) in [5.41, 5.74) is 4.46. The van der Waals surface area contributed by atoms with Gasteiger partial charge in [-0.2, -0.15) is 0 Å². The Morgan fingerprint density at radius 2 is 1.83 bits per heavy atom. The van der Waals surface area contributed by atoms with Crippen molar-refractivity contribution in [1.29, 1.82) is 0 Å². The molecule has 0 unspecified atom stereocenters. The molecular formula is C23H27N5O2. The van der Waals surface area contributed by atoms with E-state index in [0.717, 1.165) is 30.0 Å². The van der Waals surface area contributed by atoms with Gasteiger partial charge in [-0.05, 0) is 42.7 Å². The minimum atomic E-state index is -0.00963. The number of anilines is 1. The van der Waals surface area contributed by atoms with Crippen LogP contribution >= 0.6 is 0 Å². The molecule has 1 aliphatic carbocycles. The van der Waals surface area contributed by atoms with Crippen LogP contribution in [0.15, 0.2) is 48.8 Å². The molecular weight excluding hydrogens is 378 g/mol. The largest absolute Gasteiger partial charge is 0.497 e. The van der Waals surface area contributed by atoms with E-state index in [1.165, 1.54) is 24.2 Å². The summed E-state index contributed by atoms with van der Waals surface area (Å²) in [7, 11) is 1.65. The highest BCUT2D eigenvalue weighted by atomic mass is 16.5. The minimum Gasteiger partial charge on any atom is -0.497 e. The number of hydrogen-bond donors (Lipinski definition) is 1. The molecule has 2 fully saturated rings. The standard InChI is InChI=1S/C23H27N5O2/c1-30-20-7-2-17(3-8-20)14-24-23(29)27-12-10-26(11-13-27)19-6-9-22-25-21(18-4-5-18)16-28(22)15-19/h2-3,6-9,15-16,18H,4-5,10-14H2,1H3,(H,24,29). The van der Waals surface area contributed by atoms with Crippen molar-refractivity contribution in [2.45, 2.75) is 25.3 Å². The summed E-state index contributed by atoms with van der Waals surface area (Å²) in [6.07, 6.45) is 6.85. The van der Waals surface area contributed by atoms with Crippen LogP contribution in [0.5, 0.6) is 5.75 Å². The number of nitrogens with zero attached hydrogens (tertiary/aromatic N) is 4. The third-order valence-corrected chi connectivity index (χ3v) is 5.98. The van der Waals surface area contributed by atoms with Gasteiger partial charge in [-0.1, -0.05) is 12.1 Å². The molecule has 7 heteroatoms. The third kappa shape index (κ3) is 3.92. The van der Waals surface area contributed by atoms with E-state index in [-0.39, 0.29) is 6.03 Å². The van der Waals surface area contributed by atoms with Gasteiger partial charge in [-0.3, -0.25) is 0 Å². The summed E-state index contributed by atoms with van der Waals surface area (Å²) in [4.78, 5) is 21.5. The SMILES string of the molecule is COc1ccc(CNC(=O)N2CCN(c3ccc4nc(C5CC5)cn4c3)CC2)cc1.